The van der Waals surface area contributed by atoms with Crippen LogP contribution >= 0.6 is 23.2 Å². The summed E-state index contributed by atoms with van der Waals surface area (Å²) in [6, 6.07) is 13.3. The Hall–Kier alpha value is -3.75. The smallest absolute Gasteiger partial charge is 0.295 e. The maximum Gasteiger partial charge on any atom is 0.295 e. The summed E-state index contributed by atoms with van der Waals surface area (Å²) in [6.07, 6.45) is 0.225. The zero-order chi connectivity index (χ0) is 29.1. The van der Waals surface area contributed by atoms with E-state index in [1.165, 1.54) is 37.3 Å². The van der Waals surface area contributed by atoms with Crippen molar-refractivity contribution in [3.05, 3.63) is 92.7 Å². The molecule has 0 bridgehead atoms. The van der Waals surface area contributed by atoms with E-state index >= 15 is 0 Å². The number of ether oxygens (including phenoxy) is 3. The van der Waals surface area contributed by atoms with Gasteiger partial charge in [-0.2, -0.15) is 0 Å². The fraction of sp³-hybridized carbons (Fsp3) is 0.267. The molecule has 1 aliphatic rings. The van der Waals surface area contributed by atoms with E-state index in [1.807, 2.05) is 13.8 Å². The van der Waals surface area contributed by atoms with Crippen molar-refractivity contribution in [3.63, 3.8) is 0 Å². The Morgan fingerprint density at radius 2 is 1.70 bits per heavy atom. The molecule has 7 nitrogen and oxygen atoms in total. The number of carbonyl (C=O) groups excluding carboxylic acids is 2. The molecule has 3 aromatic carbocycles. The molecule has 0 spiro atoms. The van der Waals surface area contributed by atoms with E-state index in [2.05, 4.69) is 0 Å². The molecule has 40 heavy (non-hydrogen) atoms. The Kier molecular flexibility index (Phi) is 8.91. The zero-order valence-corrected chi connectivity index (χ0v) is 23.8. The first-order valence-electron chi connectivity index (χ1n) is 12.5. The van der Waals surface area contributed by atoms with Gasteiger partial charge in [-0.05, 0) is 61.7 Å². The summed E-state index contributed by atoms with van der Waals surface area (Å²) >= 11 is 12.8. The lowest BCUT2D eigenvalue weighted by molar-refractivity contribution is -0.139. The molecular formula is C30H28Cl2FNO6. The highest BCUT2D eigenvalue weighted by atomic mass is 35.5. The van der Waals surface area contributed by atoms with Crippen LogP contribution in [0.25, 0.3) is 5.76 Å². The number of aliphatic hydroxyl groups is 1. The van der Waals surface area contributed by atoms with Gasteiger partial charge in [0, 0.05) is 6.54 Å². The van der Waals surface area contributed by atoms with Crippen LogP contribution in [0.1, 0.15) is 36.6 Å². The lowest BCUT2D eigenvalue weighted by Gasteiger charge is -2.26. The molecule has 0 saturated carbocycles. The zero-order valence-electron chi connectivity index (χ0n) is 22.3. The molecule has 1 aliphatic heterocycles. The number of ketones is 1. The molecule has 210 valence electrons. The van der Waals surface area contributed by atoms with Crippen molar-refractivity contribution in [2.45, 2.75) is 32.4 Å². The molecule has 0 aliphatic carbocycles. The Balaban J connectivity index is 1.88. The van der Waals surface area contributed by atoms with Crippen LogP contribution in [-0.4, -0.2) is 48.6 Å². The van der Waals surface area contributed by atoms with Crippen LogP contribution in [0.5, 0.6) is 17.2 Å². The van der Waals surface area contributed by atoms with Gasteiger partial charge in [0.2, 0.25) is 0 Å². The predicted octanol–water partition coefficient (Wildman–Crippen LogP) is 6.60. The molecular weight excluding hydrogens is 560 g/mol. The Bertz CT molecular complexity index is 1470. The quantitative estimate of drug-likeness (QED) is 0.172. The number of Topliss-reactive ketones (excluding diaryl/α,β-unsaturated/α-hetero) is 1. The van der Waals surface area contributed by atoms with Gasteiger partial charge in [0.1, 0.15) is 22.3 Å². The first-order valence-corrected chi connectivity index (χ1v) is 13.2. The number of methoxy groups -OCH3 is 2. The fourth-order valence-corrected chi connectivity index (χ4v) is 5.37. The third kappa shape index (κ3) is 5.74. The molecule has 1 N–H and O–H groups in total. The van der Waals surface area contributed by atoms with Crippen molar-refractivity contribution in [1.82, 2.24) is 4.90 Å². The first kappa shape index (κ1) is 29.2. The molecule has 3 aromatic rings. The van der Waals surface area contributed by atoms with E-state index in [0.29, 0.717) is 17.7 Å². The topological polar surface area (TPSA) is 85.3 Å². The minimum Gasteiger partial charge on any atom is -0.507 e. The molecule has 1 amide bonds. The summed E-state index contributed by atoms with van der Waals surface area (Å²) in [5.41, 5.74) is 1.17. The average Bonchev–Trinajstić information content (AvgIpc) is 3.17. The highest BCUT2D eigenvalue weighted by Crippen LogP contribution is 2.47. The van der Waals surface area contributed by atoms with E-state index in [1.54, 1.807) is 36.4 Å². The third-order valence-corrected chi connectivity index (χ3v) is 7.06. The van der Waals surface area contributed by atoms with Gasteiger partial charge in [-0.25, -0.2) is 4.39 Å². The molecule has 1 saturated heterocycles. The van der Waals surface area contributed by atoms with E-state index in [4.69, 9.17) is 37.4 Å². The van der Waals surface area contributed by atoms with Crippen molar-refractivity contribution >= 4 is 40.7 Å². The van der Waals surface area contributed by atoms with Crippen LogP contribution < -0.4 is 14.2 Å². The van der Waals surface area contributed by atoms with Gasteiger partial charge < -0.3 is 24.2 Å². The van der Waals surface area contributed by atoms with Crippen molar-refractivity contribution in [3.8, 4) is 17.2 Å². The number of aliphatic hydroxyl groups excluding tert-OH is 1. The summed E-state index contributed by atoms with van der Waals surface area (Å²) in [5, 5.41) is 11.6. The number of halogens is 3. The minimum absolute atomic E-state index is 0.00605. The van der Waals surface area contributed by atoms with E-state index in [-0.39, 0.29) is 51.1 Å². The van der Waals surface area contributed by atoms with Gasteiger partial charge in [-0.15, -0.1) is 0 Å². The van der Waals surface area contributed by atoms with E-state index in [0.717, 1.165) is 5.56 Å². The van der Waals surface area contributed by atoms with Gasteiger partial charge >= 0.3 is 0 Å². The molecule has 1 fully saturated rings. The number of likely N-dealkylation sites (tertiary alicyclic amines) is 1. The SMILES string of the molecule is COc1c(Cl)cc(/C(O)=C2\C(=O)C(=O)N(CCc3ccc(F)cc3)C2c2cccc(OC(C)C)c2)c(OC)c1Cl. The van der Waals surface area contributed by atoms with Crippen molar-refractivity contribution in [2.24, 2.45) is 0 Å². The summed E-state index contributed by atoms with van der Waals surface area (Å²) in [4.78, 5) is 28.3. The van der Waals surface area contributed by atoms with Crippen LogP contribution in [-0.2, 0) is 16.0 Å². The minimum atomic E-state index is -0.972. The predicted molar refractivity (Wildman–Crippen MR) is 151 cm³/mol. The summed E-state index contributed by atoms with van der Waals surface area (Å²) < 4.78 is 30.0. The Morgan fingerprint density at radius 3 is 2.33 bits per heavy atom. The van der Waals surface area contributed by atoms with Crippen LogP contribution in [0.4, 0.5) is 4.39 Å². The Labute approximate surface area is 241 Å². The summed E-state index contributed by atoms with van der Waals surface area (Å²) in [6.45, 7) is 3.88. The largest absolute Gasteiger partial charge is 0.507 e. The van der Waals surface area contributed by atoms with Gasteiger partial charge in [0.25, 0.3) is 11.7 Å². The second-order valence-corrected chi connectivity index (χ2v) is 10.2. The van der Waals surface area contributed by atoms with Crippen LogP contribution in [0.2, 0.25) is 10.0 Å². The van der Waals surface area contributed by atoms with E-state index in [9.17, 15) is 19.1 Å². The standard InChI is InChI=1S/C30H28Cl2FNO6/c1-16(2)40-20-7-5-6-18(14-20)25-23(26(35)21-15-22(31)29(39-4)24(32)28(21)38-3)27(36)30(37)34(25)13-12-17-8-10-19(33)11-9-17/h5-11,14-16,25,35H,12-13H2,1-4H3/b26-23+. The molecule has 10 heteroatoms. The number of benzene rings is 3. The van der Waals surface area contributed by atoms with Gasteiger partial charge in [0.15, 0.2) is 11.5 Å². The lowest BCUT2D eigenvalue weighted by atomic mass is 9.94. The van der Waals surface area contributed by atoms with Crippen molar-refractivity contribution < 1.29 is 33.3 Å². The second kappa shape index (κ2) is 12.2. The van der Waals surface area contributed by atoms with Crippen LogP contribution in [0, 0.1) is 5.82 Å². The normalized spacial score (nSPS) is 16.5. The summed E-state index contributed by atoms with van der Waals surface area (Å²) in [7, 11) is 2.72. The highest BCUT2D eigenvalue weighted by molar-refractivity contribution is 6.47. The first-order chi connectivity index (χ1) is 19.1. The number of nitrogens with zero attached hydrogens (tertiary/aromatic N) is 1. The molecule has 0 aromatic heterocycles. The van der Waals surface area contributed by atoms with Gasteiger partial charge in [0.05, 0.1) is 42.5 Å². The lowest BCUT2D eigenvalue weighted by Crippen LogP contribution is -2.31. The number of hydrogen-bond donors (Lipinski definition) is 1. The van der Waals surface area contributed by atoms with Gasteiger partial charge in [-0.3, -0.25) is 9.59 Å². The monoisotopic (exact) mass is 587 g/mol. The highest BCUT2D eigenvalue weighted by Gasteiger charge is 2.46. The van der Waals surface area contributed by atoms with Crippen molar-refractivity contribution in [1.29, 1.82) is 0 Å². The van der Waals surface area contributed by atoms with Crippen molar-refractivity contribution in [2.75, 3.05) is 20.8 Å². The molecule has 1 atom stereocenters. The number of hydrogen-bond acceptors (Lipinski definition) is 6. The second-order valence-electron chi connectivity index (χ2n) is 9.39. The molecule has 1 heterocycles. The fourth-order valence-electron chi connectivity index (χ4n) is 4.68. The number of amides is 1. The average molecular weight is 588 g/mol. The summed E-state index contributed by atoms with van der Waals surface area (Å²) in [5.74, 6) is -1.89. The molecule has 1 unspecified atom stereocenters. The number of carbonyl (C=O) groups is 2. The van der Waals surface area contributed by atoms with E-state index < -0.39 is 23.5 Å². The van der Waals surface area contributed by atoms with Crippen LogP contribution in [0.3, 0.4) is 0 Å². The van der Waals surface area contributed by atoms with Crippen LogP contribution in [0.15, 0.2) is 60.2 Å². The Morgan fingerprint density at radius 1 is 1.02 bits per heavy atom. The van der Waals surface area contributed by atoms with Gasteiger partial charge in [-0.1, -0.05) is 47.5 Å². The number of rotatable bonds is 9. The maximum atomic E-state index is 13.5. The third-order valence-electron chi connectivity index (χ3n) is 6.43. The molecule has 4 rings (SSSR count). The molecule has 0 radical (unpaired) electrons. The maximum absolute atomic E-state index is 13.5.